The summed E-state index contributed by atoms with van der Waals surface area (Å²) < 4.78 is 5.60. The lowest BCUT2D eigenvalue weighted by Gasteiger charge is -2.27. The van der Waals surface area contributed by atoms with Gasteiger partial charge in [0.2, 0.25) is 0 Å². The van der Waals surface area contributed by atoms with Crippen molar-refractivity contribution in [2.24, 2.45) is 11.8 Å². The second kappa shape index (κ2) is 30.7. The first-order valence-corrected chi connectivity index (χ1v) is 43.0. The predicted molar refractivity (Wildman–Crippen MR) is 269 cm³/mol. The van der Waals surface area contributed by atoms with Crippen LogP contribution >= 0.6 is 0 Å². The number of hydrogen-bond acceptors (Lipinski definition) is 4. The molecule has 0 radical (unpaired) electrons. The maximum atomic E-state index is 9.56. The molecule has 0 bridgehead atoms. The molecule has 2 nitrogen and oxygen atoms in total. The van der Waals surface area contributed by atoms with Crippen molar-refractivity contribution in [1.29, 1.82) is 0 Å². The summed E-state index contributed by atoms with van der Waals surface area (Å²) in [7, 11) is 38.1. The van der Waals surface area contributed by atoms with Crippen molar-refractivity contribution in [3.05, 3.63) is 36.5 Å². The smallest absolute Gasteiger partial charge is 0.0920 e. The highest BCUT2D eigenvalue weighted by atomic mass is 33.5. The van der Waals surface area contributed by atoms with Gasteiger partial charge >= 0.3 is 0 Å². The Morgan fingerprint density at radius 3 is 1.33 bits per heavy atom. The summed E-state index contributed by atoms with van der Waals surface area (Å²) in [5, 5.41) is 9.56. The number of hydrogen-bond donors (Lipinski definition) is 1. The molecule has 3 aliphatic rings. The van der Waals surface area contributed by atoms with E-state index in [0.717, 1.165) is 18.8 Å². The van der Waals surface area contributed by atoms with Gasteiger partial charge in [0, 0.05) is 218 Å². The van der Waals surface area contributed by atoms with E-state index < -0.39 is 5.60 Å². The van der Waals surface area contributed by atoms with Crippen LogP contribution in [0.2, 0.25) is 0 Å². The van der Waals surface area contributed by atoms with Crippen molar-refractivity contribution in [3.8, 4) is 0 Å². The van der Waals surface area contributed by atoms with Crippen molar-refractivity contribution in [3.63, 3.8) is 0 Å². The quantitative estimate of drug-likeness (QED) is 0.321. The van der Waals surface area contributed by atoms with Gasteiger partial charge in [-0.15, -0.1) is 0 Å². The van der Waals surface area contributed by atoms with E-state index in [1.807, 2.05) is 55.4 Å². The van der Waals surface area contributed by atoms with Gasteiger partial charge in [0.15, 0.2) is 0 Å². The van der Waals surface area contributed by atoms with Gasteiger partial charge in [0.25, 0.3) is 0 Å². The summed E-state index contributed by atoms with van der Waals surface area (Å²) in [5.41, 5.74) is 2.22. The van der Waals surface area contributed by atoms with Gasteiger partial charge in [0.1, 0.15) is 0 Å². The lowest BCUT2D eigenvalue weighted by Crippen LogP contribution is -2.25. The van der Waals surface area contributed by atoms with E-state index in [1.165, 1.54) is 48.2 Å². The maximum absolute atomic E-state index is 9.56. The van der Waals surface area contributed by atoms with Crippen LogP contribution in [-0.2, 0) is 222 Å². The molecule has 2 fully saturated rings. The minimum Gasteiger partial charge on any atom is -0.386 e. The topological polar surface area (TPSA) is 32.8 Å². The Morgan fingerprint density at radius 1 is 0.652 bits per heavy atom. The highest BCUT2D eigenvalue weighted by molar-refractivity contribution is 8.79. The van der Waals surface area contributed by atoms with Crippen LogP contribution in [0.15, 0.2) is 36.5 Å². The molecule has 1 saturated carbocycles. The Hall–Kier alpha value is 4.42. The zero-order valence-corrected chi connectivity index (χ0v) is 44.1. The van der Waals surface area contributed by atoms with Gasteiger partial charge in [-0.05, 0) is 71.6 Å². The first-order valence-electron chi connectivity index (χ1n) is 12.4. The molecule has 0 aromatic heterocycles. The Morgan fingerprint density at radius 2 is 1.04 bits per heavy atom. The SMILES string of the molecule is C=C(C)[C@@H]1CCC2(C)OC2C1.C=C(C)[C@H]1C=CC(C)(O)CC1.S=S=S=S=S=S=S=S=S=S=S=S=S=S=S=S=S=S=S=S=S=S=S=S. The van der Waals surface area contributed by atoms with E-state index in [-0.39, 0.29) is 5.60 Å². The predicted octanol–water partition coefficient (Wildman–Crippen LogP) is 4.74. The summed E-state index contributed by atoms with van der Waals surface area (Å²) >= 11 is 9.54. The maximum Gasteiger partial charge on any atom is 0.0920 e. The minimum atomic E-state index is -0.577. The summed E-state index contributed by atoms with van der Waals surface area (Å²) in [6, 6.07) is 0. The molecule has 1 N–H and O–H groups in total. The molecule has 1 saturated heterocycles. The van der Waals surface area contributed by atoms with Gasteiger partial charge in [-0.3, -0.25) is 0 Å². The van der Waals surface area contributed by atoms with Crippen molar-refractivity contribution in [1.82, 2.24) is 0 Å². The fourth-order valence-corrected chi connectivity index (χ4v) is 58.6. The first-order chi connectivity index (χ1) is 22.0. The number of rotatable bonds is 2. The summed E-state index contributed by atoms with van der Waals surface area (Å²) in [6.07, 6.45) is 10.1. The summed E-state index contributed by atoms with van der Waals surface area (Å²) in [6.45, 7) is 16.1. The highest BCUT2D eigenvalue weighted by Crippen LogP contribution is 2.50. The van der Waals surface area contributed by atoms with Crippen LogP contribution in [0.1, 0.15) is 59.8 Å². The zero-order valence-electron chi connectivity index (χ0n) is 24.5. The molecule has 0 amide bonds. The highest BCUT2D eigenvalue weighted by Gasteiger charge is 2.55. The average Bonchev–Trinajstić information content (AvgIpc) is 3.71. The third kappa shape index (κ3) is 26.2. The van der Waals surface area contributed by atoms with E-state index in [2.05, 4.69) is 33.1 Å². The Labute approximate surface area is 346 Å². The van der Waals surface area contributed by atoms with Gasteiger partial charge in [-0.2, -0.15) is 0 Å². The van der Waals surface area contributed by atoms with Crippen LogP contribution in [0.3, 0.4) is 0 Å². The Kier molecular flexibility index (Phi) is 32.3. The minimum absolute atomic E-state index is 0.270. The van der Waals surface area contributed by atoms with Crippen molar-refractivity contribution < 1.29 is 9.84 Å². The summed E-state index contributed by atoms with van der Waals surface area (Å²) in [5.74, 6) is 1.21. The monoisotopic (exact) mass is 1070 g/mol. The molecule has 0 aromatic carbocycles. The van der Waals surface area contributed by atoms with Crippen molar-refractivity contribution in [2.45, 2.75) is 77.1 Å². The van der Waals surface area contributed by atoms with Crippen molar-refractivity contribution in [2.75, 3.05) is 0 Å². The lowest BCUT2D eigenvalue weighted by atomic mass is 9.80. The van der Waals surface area contributed by atoms with Crippen LogP contribution < -0.4 is 0 Å². The zero-order chi connectivity index (χ0) is 34.1. The molecule has 0 spiro atoms. The first kappa shape index (κ1) is 48.4. The molecule has 3 rings (SSSR count). The molecule has 3 unspecified atom stereocenters. The second-order valence-corrected chi connectivity index (χ2v) is 48.4. The third-order valence-electron chi connectivity index (χ3n) is 6.09. The molecule has 0 aromatic rings. The fraction of sp³-hybridized carbons (Fsp3) is 0.700. The van der Waals surface area contributed by atoms with Gasteiger partial charge in [-0.25, -0.2) is 0 Å². The molecule has 5 atom stereocenters. The second-order valence-electron chi connectivity index (χ2n) is 9.44. The van der Waals surface area contributed by atoms with E-state index in [9.17, 15) is 5.11 Å². The normalized spacial score (nSPS) is 24.3. The van der Waals surface area contributed by atoms with Crippen LogP contribution in [0.4, 0.5) is 0 Å². The Balaban J connectivity index is 0.000000392. The Bertz CT molecular complexity index is 2010. The third-order valence-corrected chi connectivity index (χ3v) is 52.8. The molecule has 2 aliphatic carbocycles. The molecular weight excluding hydrogens is 1040 g/mol. The van der Waals surface area contributed by atoms with Gasteiger partial charge < -0.3 is 9.84 Å². The molecule has 46 heavy (non-hydrogen) atoms. The molecule has 26 heteroatoms. The number of aliphatic hydroxyl groups is 1. The fourth-order valence-electron chi connectivity index (χ4n) is 3.68. The molecule has 1 aliphatic heterocycles. The molecule has 268 valence electrons. The lowest BCUT2D eigenvalue weighted by molar-refractivity contribution is 0.0903. The largest absolute Gasteiger partial charge is 0.386 e. The number of allylic oxidation sites excluding steroid dienone is 3. The van der Waals surface area contributed by atoms with E-state index in [4.69, 9.17) is 27.1 Å². The standard InChI is InChI=1S/2C10H16O.S24/c1-7(2)8-4-5-10(3)9(6-8)11-10;1-8(2)9-4-6-10(3,11)7-5-9;1-3-5-7-9-11-13-15-17-19-21-23-24-22-20-18-16-14-12-10-8-6-4-2/h8-9H,1,4-6H2,2-3H3;4,6,9,11H,1,5,7H2,2-3H3;/t8-,9?,10?;9-,10?;/m10./s1. The van der Waals surface area contributed by atoms with Gasteiger partial charge in [-0.1, -0.05) is 36.5 Å². The number of epoxide rings is 1. The summed E-state index contributed by atoms with van der Waals surface area (Å²) in [4.78, 5) is 0. The van der Waals surface area contributed by atoms with E-state index in [1.54, 1.807) is 142 Å². The van der Waals surface area contributed by atoms with Gasteiger partial charge in [0.05, 0.1) is 17.3 Å². The number of ether oxygens (including phenoxy) is 1. The van der Waals surface area contributed by atoms with Crippen LogP contribution in [0, 0.1) is 11.8 Å². The van der Waals surface area contributed by atoms with E-state index >= 15 is 0 Å². The average molecular weight is 1070 g/mol. The van der Waals surface area contributed by atoms with Crippen LogP contribution in [0.25, 0.3) is 0 Å². The van der Waals surface area contributed by atoms with Crippen molar-refractivity contribution >= 4 is 218 Å². The van der Waals surface area contributed by atoms with Crippen LogP contribution in [0.5, 0.6) is 0 Å². The number of fused-ring (bicyclic) bond motifs is 1. The molecular formula is C20H32O2S24. The molecule has 1 heterocycles. The van der Waals surface area contributed by atoms with Crippen LogP contribution in [-0.4, -0.2) is 22.4 Å². The van der Waals surface area contributed by atoms with E-state index in [0.29, 0.717) is 12.0 Å².